The van der Waals surface area contributed by atoms with Crippen molar-refractivity contribution >= 4 is 128 Å². The Morgan fingerprint density at radius 2 is 0.372 bits per heavy atom. The zero-order valence-electron chi connectivity index (χ0n) is 73.7. The van der Waals surface area contributed by atoms with Crippen molar-refractivity contribution in [2.75, 3.05) is 0 Å². The van der Waals surface area contributed by atoms with Gasteiger partial charge in [-0.1, -0.05) is 376 Å². The number of benzene rings is 19. The molecule has 12 nitrogen and oxygen atoms in total. The first-order chi connectivity index (χ1) is 67.9. The maximum absolute atomic E-state index is 5.06. The number of thiophene rings is 2. The van der Waals surface area contributed by atoms with Crippen molar-refractivity contribution in [3.05, 3.63) is 473 Å². The lowest BCUT2D eigenvalue weighted by atomic mass is 10.0. The van der Waals surface area contributed by atoms with Crippen LogP contribution in [0.5, 0.6) is 0 Å². The Balaban J connectivity index is 0.000000110. The molecular formula is C123H78N12S2. The first-order valence-electron chi connectivity index (χ1n) is 45.7. The highest BCUT2D eigenvalue weighted by Gasteiger charge is 2.24. The summed E-state index contributed by atoms with van der Waals surface area (Å²) in [6.45, 7) is 0. The van der Waals surface area contributed by atoms with Gasteiger partial charge in [0.15, 0.2) is 46.6 Å². The molecule has 8 heterocycles. The number of hydrogen-bond acceptors (Lipinski definition) is 11. The SMILES string of the molecule is c1ccc(-c2nc(-c3ccccc3)nc(-c3ccc(-c4ccc(-n5c6ccccc6c6ccccc65)cc4)cc3)n2)cc1.c1ccc(-c2nc(-c3ccccc3)nc(-c3ccc(-n4c5ccccc5c5cc(-c6cccc7c6sc6ccccc67)ccc54)cc3)n2)cc1.c1ccc(-c2nc(-c3ccccc3)nc(-n3c4ccccc4c4cc(-c5cccc6c5sc5ccccc56)ccc43)n2)cc1. The maximum Gasteiger partial charge on any atom is 0.238 e. The van der Waals surface area contributed by atoms with E-state index < -0.39 is 0 Å². The molecule has 0 aliphatic heterocycles. The monoisotopic (exact) mass is 1790 g/mol. The third kappa shape index (κ3) is 15.1. The van der Waals surface area contributed by atoms with Crippen LogP contribution in [0.15, 0.2) is 473 Å². The van der Waals surface area contributed by atoms with Crippen LogP contribution >= 0.6 is 22.7 Å². The predicted octanol–water partition coefficient (Wildman–Crippen LogP) is 32.0. The number of aromatic nitrogens is 12. The minimum atomic E-state index is 0.600. The van der Waals surface area contributed by atoms with Crippen LogP contribution in [-0.4, -0.2) is 58.6 Å². The van der Waals surface area contributed by atoms with E-state index in [0.29, 0.717) is 52.5 Å². The molecule has 8 aromatic heterocycles. The summed E-state index contributed by atoms with van der Waals surface area (Å²) in [5.41, 5.74) is 24.0. The fourth-order valence-corrected chi connectivity index (χ4v) is 21.5. The van der Waals surface area contributed by atoms with Crippen LogP contribution in [0.25, 0.3) is 248 Å². The number of nitrogens with zero attached hydrogens (tertiary/aromatic N) is 12. The molecule has 0 atom stereocenters. The van der Waals surface area contributed by atoms with E-state index in [9.17, 15) is 0 Å². The second kappa shape index (κ2) is 35.0. The highest BCUT2D eigenvalue weighted by atomic mass is 32.1. The van der Waals surface area contributed by atoms with E-state index in [1.807, 2.05) is 205 Å². The lowest BCUT2D eigenvalue weighted by Crippen LogP contribution is -2.06. The fourth-order valence-electron chi connectivity index (χ4n) is 19.1. The Morgan fingerprint density at radius 3 is 0.708 bits per heavy atom. The van der Waals surface area contributed by atoms with Gasteiger partial charge in [0.1, 0.15) is 0 Å². The van der Waals surface area contributed by atoms with Crippen LogP contribution < -0.4 is 0 Å². The first kappa shape index (κ1) is 81.1. The molecule has 642 valence electrons. The van der Waals surface area contributed by atoms with Crippen molar-refractivity contribution in [2.45, 2.75) is 0 Å². The number of para-hydroxylation sites is 4. The quantitative estimate of drug-likeness (QED) is 0.104. The Kier molecular flexibility index (Phi) is 20.7. The van der Waals surface area contributed by atoms with Crippen LogP contribution in [0.3, 0.4) is 0 Å². The van der Waals surface area contributed by atoms with Crippen LogP contribution in [-0.2, 0) is 0 Å². The molecule has 0 saturated carbocycles. The van der Waals surface area contributed by atoms with Crippen LogP contribution in [0, 0.1) is 0 Å². The lowest BCUT2D eigenvalue weighted by molar-refractivity contribution is 0.953. The van der Waals surface area contributed by atoms with Gasteiger partial charge in [-0.05, 0) is 130 Å². The fraction of sp³-hybridized carbons (Fsp3) is 0. The predicted molar refractivity (Wildman–Crippen MR) is 568 cm³/mol. The van der Waals surface area contributed by atoms with Crippen molar-refractivity contribution in [1.29, 1.82) is 0 Å². The van der Waals surface area contributed by atoms with E-state index >= 15 is 0 Å². The topological polar surface area (TPSA) is 131 Å². The van der Waals surface area contributed by atoms with E-state index in [-0.39, 0.29) is 0 Å². The minimum Gasteiger partial charge on any atom is -0.309 e. The van der Waals surface area contributed by atoms with Crippen molar-refractivity contribution in [1.82, 2.24) is 58.6 Å². The Morgan fingerprint density at radius 1 is 0.146 bits per heavy atom. The van der Waals surface area contributed by atoms with E-state index in [4.69, 9.17) is 44.9 Å². The molecule has 0 radical (unpaired) electrons. The molecule has 19 aromatic carbocycles. The molecule has 0 amide bonds. The Hall–Kier alpha value is -18.0. The van der Waals surface area contributed by atoms with Gasteiger partial charge in [0.05, 0.1) is 33.1 Å². The summed E-state index contributed by atoms with van der Waals surface area (Å²) in [5.74, 6) is 5.83. The van der Waals surface area contributed by atoms with E-state index in [1.54, 1.807) is 0 Å². The van der Waals surface area contributed by atoms with Gasteiger partial charge in [-0.25, -0.2) is 34.9 Å². The smallest absolute Gasteiger partial charge is 0.238 e. The van der Waals surface area contributed by atoms with E-state index in [2.05, 4.69) is 305 Å². The average molecular weight is 1790 g/mol. The van der Waals surface area contributed by atoms with Crippen molar-refractivity contribution < 1.29 is 0 Å². The van der Waals surface area contributed by atoms with E-state index in [1.165, 1.54) is 112 Å². The molecule has 27 rings (SSSR count). The molecule has 137 heavy (non-hydrogen) atoms. The van der Waals surface area contributed by atoms with Gasteiger partial charge in [-0.3, -0.25) is 4.57 Å². The second-order valence-electron chi connectivity index (χ2n) is 33.9. The molecule has 27 aromatic rings. The zero-order chi connectivity index (χ0) is 90.6. The third-order valence-electron chi connectivity index (χ3n) is 25.6. The second-order valence-corrected chi connectivity index (χ2v) is 36.0. The molecule has 0 aliphatic rings. The molecule has 0 N–H and O–H groups in total. The van der Waals surface area contributed by atoms with Gasteiger partial charge in [0.25, 0.3) is 0 Å². The maximum atomic E-state index is 5.06. The molecular weight excluding hydrogens is 1710 g/mol. The highest BCUT2D eigenvalue weighted by molar-refractivity contribution is 7.26. The minimum absolute atomic E-state index is 0.600. The molecule has 14 heteroatoms. The highest BCUT2D eigenvalue weighted by Crippen LogP contribution is 2.46. The molecule has 0 bridgehead atoms. The van der Waals surface area contributed by atoms with Gasteiger partial charge in [0, 0.05) is 129 Å². The van der Waals surface area contributed by atoms with Gasteiger partial charge < -0.3 is 9.13 Å². The van der Waals surface area contributed by atoms with Gasteiger partial charge in [-0.15, -0.1) is 22.7 Å². The van der Waals surface area contributed by atoms with Gasteiger partial charge in [-0.2, -0.15) is 9.97 Å². The summed E-state index contributed by atoms with van der Waals surface area (Å²) in [4.78, 5) is 44.3. The first-order valence-corrected chi connectivity index (χ1v) is 47.3. The third-order valence-corrected chi connectivity index (χ3v) is 28.1. The largest absolute Gasteiger partial charge is 0.309 e. The number of hydrogen-bond donors (Lipinski definition) is 0. The standard InChI is InChI=1S/C45H28N4S.C39H24N4S.C39H26N4/c1-3-12-29(13-4-1)43-46-44(30-14-5-2-6-15-30)48-45(47-43)31-22-25-33(26-23-31)49-39-20-9-7-16-35(39)38-28-32(24-27-40(38)49)34-18-11-19-37-36-17-8-10-21-41(36)50-42(34)37;1-3-12-25(13-4-1)37-40-38(26-14-5-2-6-15-26)42-39(41-37)43-33-20-9-7-16-29(33)32-24-27(22-23-34(32)43)28-18-11-19-31-30-17-8-10-21-35(30)44-36(28)31;1-3-11-29(12-4-1)37-40-38(30-13-5-2-6-14-30)42-39(41-37)31-21-19-27(20-22-31)28-23-25-32(26-24-28)43-35-17-9-7-15-33(35)34-16-8-10-18-36(34)43/h1-28H;1-24H;1-26H. The molecule has 0 saturated heterocycles. The molecule has 0 fully saturated rings. The summed E-state index contributed by atoms with van der Waals surface area (Å²) in [6.07, 6.45) is 0. The lowest BCUT2D eigenvalue weighted by Gasteiger charge is -2.11. The van der Waals surface area contributed by atoms with Gasteiger partial charge in [0.2, 0.25) is 5.95 Å². The molecule has 0 spiro atoms. The molecule has 0 unspecified atom stereocenters. The average Bonchev–Trinajstić information content (AvgIpc) is 1.60. The Bertz CT molecular complexity index is 9020. The van der Waals surface area contributed by atoms with Crippen LogP contribution in [0.4, 0.5) is 0 Å². The zero-order valence-corrected chi connectivity index (χ0v) is 75.3. The summed E-state index contributed by atoms with van der Waals surface area (Å²) in [5, 5.41) is 12.6. The van der Waals surface area contributed by atoms with Crippen LogP contribution in [0.1, 0.15) is 0 Å². The summed E-state index contributed by atoms with van der Waals surface area (Å²) < 4.78 is 12.1. The Labute approximate surface area is 796 Å². The number of rotatable bonds is 14. The summed E-state index contributed by atoms with van der Waals surface area (Å²) in [6, 6.07) is 165. The van der Waals surface area contributed by atoms with Gasteiger partial charge >= 0.3 is 0 Å². The number of fused-ring (bicyclic) bond motifs is 15. The normalized spacial score (nSPS) is 11.5. The summed E-state index contributed by atoms with van der Waals surface area (Å²) >= 11 is 3.73. The summed E-state index contributed by atoms with van der Waals surface area (Å²) in [7, 11) is 0. The van der Waals surface area contributed by atoms with Crippen molar-refractivity contribution in [3.63, 3.8) is 0 Å². The van der Waals surface area contributed by atoms with E-state index in [0.717, 1.165) is 83.4 Å². The molecule has 0 aliphatic carbocycles. The van der Waals surface area contributed by atoms with Crippen molar-refractivity contribution in [3.8, 4) is 142 Å². The van der Waals surface area contributed by atoms with Crippen molar-refractivity contribution in [2.24, 2.45) is 0 Å². The van der Waals surface area contributed by atoms with Crippen LogP contribution in [0.2, 0.25) is 0 Å².